The average Bonchev–Trinajstić information content (AvgIpc) is 3.01. The summed E-state index contributed by atoms with van der Waals surface area (Å²) in [6.07, 6.45) is 1.85. The lowest BCUT2D eigenvalue weighted by Gasteiger charge is -2.11. The number of hydrogen-bond donors (Lipinski definition) is 0. The number of thiazole rings is 1. The van der Waals surface area contributed by atoms with Crippen molar-refractivity contribution >= 4 is 11.3 Å². The van der Waals surface area contributed by atoms with Gasteiger partial charge in [-0.3, -0.25) is 0 Å². The van der Waals surface area contributed by atoms with E-state index in [0.717, 1.165) is 10.8 Å². The summed E-state index contributed by atoms with van der Waals surface area (Å²) in [6.45, 7) is 2.13. The molecular formula is C17H15NOS. The second-order valence-electron chi connectivity index (χ2n) is 4.56. The molecule has 1 aromatic heterocycles. The number of aryl methyl sites for hydroxylation is 1. The second kappa shape index (κ2) is 5.47. The second-order valence-corrected chi connectivity index (χ2v) is 5.46. The number of ether oxygens (including phenoxy) is 1. The Kier molecular flexibility index (Phi) is 3.52. The SMILES string of the molecule is COc1ccc(-c2cccc(C)c2-c2nccs2)cc1. The fraction of sp³-hybridized carbons (Fsp3) is 0.118. The van der Waals surface area contributed by atoms with Crippen molar-refractivity contribution in [1.29, 1.82) is 0 Å². The van der Waals surface area contributed by atoms with E-state index in [1.165, 1.54) is 22.3 Å². The monoisotopic (exact) mass is 281 g/mol. The molecule has 3 heteroatoms. The van der Waals surface area contributed by atoms with E-state index in [0.29, 0.717) is 0 Å². The first-order valence-corrected chi connectivity index (χ1v) is 7.31. The van der Waals surface area contributed by atoms with Gasteiger partial charge >= 0.3 is 0 Å². The number of benzene rings is 2. The molecule has 0 spiro atoms. The summed E-state index contributed by atoms with van der Waals surface area (Å²) in [5.41, 5.74) is 4.85. The maximum absolute atomic E-state index is 5.22. The van der Waals surface area contributed by atoms with Crippen LogP contribution in [0.3, 0.4) is 0 Å². The first kappa shape index (κ1) is 12.9. The Labute approximate surface area is 122 Å². The molecule has 0 amide bonds. The molecular weight excluding hydrogens is 266 g/mol. The third-order valence-electron chi connectivity index (χ3n) is 3.32. The number of nitrogens with zero attached hydrogens (tertiary/aromatic N) is 1. The van der Waals surface area contributed by atoms with Crippen LogP contribution >= 0.6 is 11.3 Å². The molecule has 0 radical (unpaired) electrons. The van der Waals surface area contributed by atoms with Crippen molar-refractivity contribution in [2.75, 3.05) is 7.11 Å². The maximum Gasteiger partial charge on any atom is 0.124 e. The summed E-state index contributed by atoms with van der Waals surface area (Å²) in [7, 11) is 1.68. The van der Waals surface area contributed by atoms with Crippen molar-refractivity contribution in [3.8, 4) is 27.4 Å². The minimum absolute atomic E-state index is 0.872. The van der Waals surface area contributed by atoms with Crippen LogP contribution in [0.4, 0.5) is 0 Å². The van der Waals surface area contributed by atoms with Crippen molar-refractivity contribution in [3.63, 3.8) is 0 Å². The fourth-order valence-electron chi connectivity index (χ4n) is 2.31. The Morgan fingerprint density at radius 1 is 1.05 bits per heavy atom. The topological polar surface area (TPSA) is 22.1 Å². The van der Waals surface area contributed by atoms with Crippen molar-refractivity contribution < 1.29 is 4.74 Å². The lowest BCUT2D eigenvalue weighted by Crippen LogP contribution is -1.89. The maximum atomic E-state index is 5.22. The summed E-state index contributed by atoms with van der Waals surface area (Å²) < 4.78 is 5.22. The molecule has 20 heavy (non-hydrogen) atoms. The molecule has 0 aliphatic heterocycles. The lowest BCUT2D eigenvalue weighted by molar-refractivity contribution is 0.415. The Bertz CT molecular complexity index is 702. The van der Waals surface area contributed by atoms with Crippen molar-refractivity contribution in [3.05, 3.63) is 59.6 Å². The molecule has 0 aliphatic rings. The van der Waals surface area contributed by atoms with E-state index >= 15 is 0 Å². The Balaban J connectivity index is 2.16. The summed E-state index contributed by atoms with van der Waals surface area (Å²) in [6, 6.07) is 14.5. The lowest BCUT2D eigenvalue weighted by atomic mass is 9.96. The van der Waals surface area contributed by atoms with Crippen LogP contribution in [0.15, 0.2) is 54.0 Å². The molecule has 0 bridgehead atoms. The number of hydrogen-bond acceptors (Lipinski definition) is 3. The molecule has 0 saturated heterocycles. The minimum atomic E-state index is 0.872. The Hall–Kier alpha value is -2.13. The normalized spacial score (nSPS) is 10.5. The molecule has 0 saturated carbocycles. The third kappa shape index (κ3) is 2.32. The van der Waals surface area contributed by atoms with Crippen LogP contribution < -0.4 is 4.74 Å². The Morgan fingerprint density at radius 3 is 2.50 bits per heavy atom. The van der Waals surface area contributed by atoms with Gasteiger partial charge in [0.1, 0.15) is 10.8 Å². The van der Waals surface area contributed by atoms with E-state index in [1.807, 2.05) is 23.7 Å². The Morgan fingerprint density at radius 2 is 1.85 bits per heavy atom. The van der Waals surface area contributed by atoms with Gasteiger partial charge in [0.15, 0.2) is 0 Å². The zero-order valence-corrected chi connectivity index (χ0v) is 12.3. The van der Waals surface area contributed by atoms with E-state index in [2.05, 4.69) is 42.2 Å². The van der Waals surface area contributed by atoms with Crippen LogP contribution in [0.2, 0.25) is 0 Å². The van der Waals surface area contributed by atoms with Gasteiger partial charge in [0.2, 0.25) is 0 Å². The number of methoxy groups -OCH3 is 1. The zero-order valence-electron chi connectivity index (χ0n) is 11.5. The predicted molar refractivity (Wildman–Crippen MR) is 84.3 cm³/mol. The standard InChI is InChI=1S/C17H15NOS/c1-12-4-3-5-15(16(12)17-18-10-11-20-17)13-6-8-14(19-2)9-7-13/h3-11H,1-2H3. The summed E-state index contributed by atoms with van der Waals surface area (Å²) in [5.74, 6) is 0.872. The van der Waals surface area contributed by atoms with Crippen LogP contribution in [0.5, 0.6) is 5.75 Å². The quantitative estimate of drug-likeness (QED) is 0.688. The molecule has 100 valence electrons. The summed E-state index contributed by atoms with van der Waals surface area (Å²) in [4.78, 5) is 4.46. The molecule has 0 N–H and O–H groups in total. The van der Waals surface area contributed by atoms with Gasteiger partial charge in [-0.25, -0.2) is 4.98 Å². The van der Waals surface area contributed by atoms with Crippen LogP contribution in [-0.4, -0.2) is 12.1 Å². The molecule has 0 fully saturated rings. The molecule has 0 aliphatic carbocycles. The van der Waals surface area contributed by atoms with E-state index in [9.17, 15) is 0 Å². The molecule has 1 heterocycles. The van der Waals surface area contributed by atoms with Crippen LogP contribution in [0.25, 0.3) is 21.7 Å². The number of rotatable bonds is 3. The third-order valence-corrected chi connectivity index (χ3v) is 4.11. The van der Waals surface area contributed by atoms with Crippen LogP contribution in [0, 0.1) is 6.92 Å². The smallest absolute Gasteiger partial charge is 0.124 e. The van der Waals surface area contributed by atoms with Crippen molar-refractivity contribution in [2.45, 2.75) is 6.92 Å². The highest BCUT2D eigenvalue weighted by atomic mass is 32.1. The molecule has 2 aromatic carbocycles. The predicted octanol–water partition coefficient (Wildman–Crippen LogP) is 4.79. The highest BCUT2D eigenvalue weighted by Gasteiger charge is 2.12. The summed E-state index contributed by atoms with van der Waals surface area (Å²) >= 11 is 1.67. The van der Waals surface area contributed by atoms with E-state index in [4.69, 9.17) is 4.74 Å². The van der Waals surface area contributed by atoms with Crippen LogP contribution in [-0.2, 0) is 0 Å². The van der Waals surface area contributed by atoms with Gasteiger partial charge in [0, 0.05) is 17.1 Å². The van der Waals surface area contributed by atoms with Gasteiger partial charge in [-0.15, -0.1) is 11.3 Å². The first-order valence-electron chi connectivity index (χ1n) is 6.43. The molecule has 3 rings (SSSR count). The molecule has 3 aromatic rings. The highest BCUT2D eigenvalue weighted by molar-refractivity contribution is 7.13. The van der Waals surface area contributed by atoms with Crippen molar-refractivity contribution in [2.24, 2.45) is 0 Å². The van der Waals surface area contributed by atoms with E-state index < -0.39 is 0 Å². The van der Waals surface area contributed by atoms with Gasteiger partial charge in [-0.05, 0) is 35.7 Å². The number of aromatic nitrogens is 1. The van der Waals surface area contributed by atoms with Gasteiger partial charge in [0.05, 0.1) is 7.11 Å². The van der Waals surface area contributed by atoms with Gasteiger partial charge in [-0.1, -0.05) is 30.3 Å². The van der Waals surface area contributed by atoms with Gasteiger partial charge in [0.25, 0.3) is 0 Å². The minimum Gasteiger partial charge on any atom is -0.497 e. The molecule has 0 atom stereocenters. The molecule has 2 nitrogen and oxygen atoms in total. The summed E-state index contributed by atoms with van der Waals surface area (Å²) in [5, 5.41) is 3.08. The zero-order chi connectivity index (χ0) is 13.9. The van der Waals surface area contributed by atoms with E-state index in [-0.39, 0.29) is 0 Å². The average molecular weight is 281 g/mol. The fourth-order valence-corrected chi connectivity index (χ4v) is 3.07. The van der Waals surface area contributed by atoms with Gasteiger partial charge < -0.3 is 4.74 Å². The van der Waals surface area contributed by atoms with Crippen LogP contribution in [0.1, 0.15) is 5.56 Å². The highest BCUT2D eigenvalue weighted by Crippen LogP contribution is 2.36. The van der Waals surface area contributed by atoms with Gasteiger partial charge in [-0.2, -0.15) is 0 Å². The van der Waals surface area contributed by atoms with Crippen molar-refractivity contribution in [1.82, 2.24) is 4.98 Å². The van der Waals surface area contributed by atoms with E-state index in [1.54, 1.807) is 18.4 Å². The molecule has 0 unspecified atom stereocenters. The first-order chi connectivity index (χ1) is 9.79. The largest absolute Gasteiger partial charge is 0.497 e.